The number of carbonyl (C=O) groups excluding carboxylic acids is 1. The molecule has 0 bridgehead atoms. The smallest absolute Gasteiger partial charge is 0.338 e. The van der Waals surface area contributed by atoms with Crippen molar-refractivity contribution in [1.29, 1.82) is 5.41 Å². The molecule has 1 N–H and O–H groups in total. The molecular formula is C19H14Cl2N2O2S. The van der Waals surface area contributed by atoms with Gasteiger partial charge in [0.2, 0.25) is 0 Å². The summed E-state index contributed by atoms with van der Waals surface area (Å²) >= 11 is 13.1. The van der Waals surface area contributed by atoms with Crippen LogP contribution in [0.25, 0.3) is 10.6 Å². The lowest BCUT2D eigenvalue weighted by Gasteiger charge is -2.05. The van der Waals surface area contributed by atoms with E-state index in [0.717, 1.165) is 16.3 Å². The van der Waals surface area contributed by atoms with Crippen molar-refractivity contribution < 1.29 is 9.53 Å². The molecule has 1 heterocycles. The second-order valence-electron chi connectivity index (χ2n) is 5.50. The highest BCUT2D eigenvalue weighted by Crippen LogP contribution is 2.29. The third-order valence-corrected chi connectivity index (χ3v) is 5.36. The summed E-state index contributed by atoms with van der Waals surface area (Å²) in [6.07, 6.45) is 0. The number of thiazole rings is 1. The highest BCUT2D eigenvalue weighted by molar-refractivity contribution is 7.17. The monoisotopic (exact) mass is 404 g/mol. The van der Waals surface area contributed by atoms with E-state index in [9.17, 15) is 4.79 Å². The minimum absolute atomic E-state index is 0.120. The van der Waals surface area contributed by atoms with Gasteiger partial charge in [-0.05, 0) is 43.3 Å². The number of ether oxygens (including phenoxy) is 1. The summed E-state index contributed by atoms with van der Waals surface area (Å²) in [6.45, 7) is 1.71. The van der Waals surface area contributed by atoms with Gasteiger partial charge in [-0.2, -0.15) is 0 Å². The molecule has 3 aromatic rings. The van der Waals surface area contributed by atoms with Gasteiger partial charge in [-0.1, -0.05) is 35.3 Å². The molecule has 7 heteroatoms. The molecule has 1 aromatic heterocycles. The molecule has 4 nitrogen and oxygen atoms in total. The lowest BCUT2D eigenvalue weighted by molar-refractivity contribution is 0.0563. The molecule has 0 saturated heterocycles. The van der Waals surface area contributed by atoms with Crippen molar-refractivity contribution >= 4 is 46.2 Å². The van der Waals surface area contributed by atoms with Gasteiger partial charge in [0.25, 0.3) is 0 Å². The van der Waals surface area contributed by atoms with Gasteiger partial charge in [0.15, 0.2) is 0 Å². The van der Waals surface area contributed by atoms with E-state index in [0.29, 0.717) is 20.5 Å². The summed E-state index contributed by atoms with van der Waals surface area (Å²) in [6, 6.07) is 13.8. The molecule has 0 atom stereocenters. The molecule has 0 radical (unpaired) electrons. The van der Waals surface area contributed by atoms with E-state index >= 15 is 0 Å². The van der Waals surface area contributed by atoms with Crippen molar-refractivity contribution in [2.24, 2.45) is 0 Å². The number of rotatable bonds is 5. The van der Waals surface area contributed by atoms with Gasteiger partial charge in [-0.15, -0.1) is 11.3 Å². The van der Waals surface area contributed by atoms with Crippen LogP contribution in [0.3, 0.4) is 0 Å². The van der Waals surface area contributed by atoms with Crippen LogP contribution in [0.4, 0.5) is 0 Å². The number of esters is 1. The maximum atomic E-state index is 12.0. The molecule has 0 aliphatic rings. The molecule has 0 saturated carbocycles. The summed E-state index contributed by atoms with van der Waals surface area (Å²) in [4.78, 5) is 17.2. The van der Waals surface area contributed by atoms with E-state index in [1.165, 1.54) is 11.3 Å². The third-order valence-electron chi connectivity index (χ3n) is 3.59. The zero-order valence-electron chi connectivity index (χ0n) is 13.8. The molecular weight excluding hydrogens is 391 g/mol. The predicted octanol–water partition coefficient (Wildman–Crippen LogP) is 5.65. The highest BCUT2D eigenvalue weighted by atomic mass is 35.5. The maximum Gasteiger partial charge on any atom is 0.338 e. The van der Waals surface area contributed by atoms with E-state index < -0.39 is 5.97 Å². The van der Waals surface area contributed by atoms with Crippen molar-refractivity contribution in [3.8, 4) is 10.6 Å². The Bertz CT molecular complexity index is 951. The molecule has 0 amide bonds. The van der Waals surface area contributed by atoms with Gasteiger partial charge in [-0.3, -0.25) is 0 Å². The quantitative estimate of drug-likeness (QED) is 0.441. The van der Waals surface area contributed by atoms with E-state index in [2.05, 4.69) is 4.98 Å². The van der Waals surface area contributed by atoms with Crippen molar-refractivity contribution in [3.63, 3.8) is 0 Å². The minimum atomic E-state index is -0.494. The summed E-state index contributed by atoms with van der Waals surface area (Å²) < 4.78 is 5.22. The third kappa shape index (κ3) is 4.30. The molecule has 132 valence electrons. The van der Waals surface area contributed by atoms with Crippen LogP contribution in [0.1, 0.15) is 20.9 Å². The molecule has 0 unspecified atom stereocenters. The Morgan fingerprint density at radius 3 is 2.27 bits per heavy atom. The second-order valence-corrected chi connectivity index (χ2v) is 7.37. The summed E-state index contributed by atoms with van der Waals surface area (Å²) in [5, 5.41) is 10.2. The number of aryl methyl sites for hydroxylation is 1. The van der Waals surface area contributed by atoms with Crippen molar-refractivity contribution in [1.82, 2.24) is 4.98 Å². The Morgan fingerprint density at radius 2 is 1.65 bits per heavy atom. The van der Waals surface area contributed by atoms with Crippen LogP contribution in [0.5, 0.6) is 0 Å². The number of hydrogen-bond donors (Lipinski definition) is 1. The Labute approximate surface area is 164 Å². The number of halogens is 2. The fourth-order valence-electron chi connectivity index (χ4n) is 2.26. The second kappa shape index (κ2) is 7.99. The zero-order valence-corrected chi connectivity index (χ0v) is 16.1. The Balaban J connectivity index is 1.69. The van der Waals surface area contributed by atoms with Crippen LogP contribution in [0.2, 0.25) is 10.0 Å². The topological polar surface area (TPSA) is 63.0 Å². The normalized spacial score (nSPS) is 10.6. The van der Waals surface area contributed by atoms with Gasteiger partial charge in [-0.25, -0.2) is 9.78 Å². The average molecular weight is 405 g/mol. The number of carbonyl (C=O) groups is 1. The standard InChI is InChI=1S/C19H14Cl2N2O2S/c1-11-17(26-18(23-11)12-2-6-14(20)7-3-12)16(22)10-25-19(24)13-4-8-15(21)9-5-13/h2-9,22H,10H2,1H3. The zero-order chi connectivity index (χ0) is 18.7. The lowest BCUT2D eigenvalue weighted by Crippen LogP contribution is -2.14. The van der Waals surface area contributed by atoms with Gasteiger partial charge >= 0.3 is 5.97 Å². The van der Waals surface area contributed by atoms with Crippen LogP contribution in [-0.4, -0.2) is 23.3 Å². The molecule has 0 aliphatic heterocycles. The van der Waals surface area contributed by atoms with Crippen LogP contribution < -0.4 is 0 Å². The summed E-state index contributed by atoms with van der Waals surface area (Å²) in [7, 11) is 0. The number of benzene rings is 2. The Kier molecular flexibility index (Phi) is 5.71. The van der Waals surface area contributed by atoms with Crippen molar-refractivity contribution in [3.05, 3.63) is 74.7 Å². The Morgan fingerprint density at radius 1 is 1.08 bits per heavy atom. The maximum absolute atomic E-state index is 12.0. The molecule has 2 aromatic carbocycles. The molecule has 0 aliphatic carbocycles. The first-order valence-corrected chi connectivity index (χ1v) is 9.25. The molecule has 3 rings (SSSR count). The largest absolute Gasteiger partial charge is 0.456 e. The first-order chi connectivity index (χ1) is 12.4. The number of nitrogens with zero attached hydrogens (tertiary/aromatic N) is 1. The fraction of sp³-hybridized carbons (Fsp3) is 0.105. The van der Waals surface area contributed by atoms with Crippen LogP contribution in [-0.2, 0) is 4.74 Å². The Hall–Kier alpha value is -2.21. The lowest BCUT2D eigenvalue weighted by atomic mass is 10.2. The average Bonchev–Trinajstić information content (AvgIpc) is 3.02. The van der Waals surface area contributed by atoms with E-state index in [1.807, 2.05) is 19.1 Å². The number of aromatic nitrogens is 1. The first kappa shape index (κ1) is 18.6. The van der Waals surface area contributed by atoms with Crippen molar-refractivity contribution in [2.45, 2.75) is 6.92 Å². The first-order valence-electron chi connectivity index (χ1n) is 7.68. The van der Waals surface area contributed by atoms with E-state index in [-0.39, 0.29) is 12.3 Å². The van der Waals surface area contributed by atoms with Gasteiger partial charge in [0.1, 0.15) is 11.6 Å². The summed E-state index contributed by atoms with van der Waals surface area (Å²) in [5.41, 5.74) is 2.26. The van der Waals surface area contributed by atoms with Gasteiger partial charge < -0.3 is 10.1 Å². The summed E-state index contributed by atoms with van der Waals surface area (Å²) in [5.74, 6) is -0.494. The minimum Gasteiger partial charge on any atom is -0.456 e. The fourth-order valence-corrected chi connectivity index (χ4v) is 3.52. The van der Waals surface area contributed by atoms with Crippen LogP contribution in [0, 0.1) is 12.3 Å². The molecule has 0 fully saturated rings. The van der Waals surface area contributed by atoms with Crippen molar-refractivity contribution in [2.75, 3.05) is 6.61 Å². The van der Waals surface area contributed by atoms with E-state index in [1.54, 1.807) is 36.4 Å². The van der Waals surface area contributed by atoms with Gasteiger partial charge in [0.05, 0.1) is 21.8 Å². The predicted molar refractivity (Wildman–Crippen MR) is 106 cm³/mol. The highest BCUT2D eigenvalue weighted by Gasteiger charge is 2.16. The van der Waals surface area contributed by atoms with Gasteiger partial charge in [0, 0.05) is 15.6 Å². The van der Waals surface area contributed by atoms with Crippen LogP contribution in [0.15, 0.2) is 48.5 Å². The molecule has 26 heavy (non-hydrogen) atoms. The SMILES string of the molecule is Cc1nc(-c2ccc(Cl)cc2)sc1C(=N)COC(=O)c1ccc(Cl)cc1. The van der Waals surface area contributed by atoms with Crippen LogP contribution >= 0.6 is 34.5 Å². The molecule has 0 spiro atoms. The number of hydrogen-bond acceptors (Lipinski definition) is 5. The number of nitrogens with one attached hydrogen (secondary N) is 1. The van der Waals surface area contributed by atoms with E-state index in [4.69, 9.17) is 33.3 Å².